The van der Waals surface area contributed by atoms with Gasteiger partial charge in [-0.2, -0.15) is 21.6 Å². The molecule has 0 heterocycles. The van der Waals surface area contributed by atoms with Gasteiger partial charge in [-0.3, -0.25) is 0 Å². The van der Waals surface area contributed by atoms with Gasteiger partial charge in [-0.25, -0.2) is 0 Å². The van der Waals surface area contributed by atoms with Crippen LogP contribution in [0.1, 0.15) is 144 Å². The summed E-state index contributed by atoms with van der Waals surface area (Å²) in [6, 6.07) is 20.7. The molecule has 2 aromatic carbocycles. The summed E-state index contributed by atoms with van der Waals surface area (Å²) in [5, 5.41) is 3.29. The molecule has 6 saturated carbocycles. The van der Waals surface area contributed by atoms with E-state index in [0.717, 1.165) is 65.4 Å². The Morgan fingerprint density at radius 1 is 0.565 bits per heavy atom. The summed E-state index contributed by atoms with van der Waals surface area (Å²) in [4.78, 5) is 0. The Bertz CT molecular complexity index is 2150. The highest BCUT2D eigenvalue weighted by Crippen LogP contribution is 2.71. The minimum absolute atomic E-state index is 0.0279. The van der Waals surface area contributed by atoms with E-state index in [1.54, 1.807) is 6.08 Å². The summed E-state index contributed by atoms with van der Waals surface area (Å²) < 4.78 is 81.5. The van der Waals surface area contributed by atoms with Crippen molar-refractivity contribution in [3.8, 4) is 0 Å². The molecule has 0 saturated heterocycles. The molecule has 62 heavy (non-hydrogen) atoms. The van der Waals surface area contributed by atoms with Gasteiger partial charge in [-0.15, -0.1) is 0 Å². The summed E-state index contributed by atoms with van der Waals surface area (Å²) in [7, 11) is -8.46. The number of benzene rings is 2. The topological polar surface area (TPSA) is 60.4 Å². The number of allylic oxidation sites excluding steroid dienone is 4. The van der Waals surface area contributed by atoms with Crippen molar-refractivity contribution in [3.63, 3.8) is 0 Å². The summed E-state index contributed by atoms with van der Waals surface area (Å²) in [5.41, 5.74) is -4.97. The van der Waals surface area contributed by atoms with E-state index in [1.807, 2.05) is 19.1 Å². The molecule has 12 atom stereocenters. The number of halogens is 3. The van der Waals surface area contributed by atoms with E-state index in [0.29, 0.717) is 41.4 Å². The van der Waals surface area contributed by atoms with Crippen molar-refractivity contribution >= 4 is 27.9 Å². The van der Waals surface area contributed by atoms with Crippen molar-refractivity contribution < 1.29 is 30.3 Å². The molecule has 0 aliphatic heterocycles. The first-order chi connectivity index (χ1) is 29.2. The standard InChI is InChI=1S/C32H41OP.C21H31F3O3S/c1-31(2)20-18-26-23(22-31)14-15-28-27(26)19-21-32(3)29(28)16-17-30(32)34(33,24-10-6-4-7-11-24)25-12-8-5-9-13-25;1-19(2)10-8-14-13(12-19)4-5-16-15(14)9-11-20(3)17(16)6-7-18(20)27-28(25,26)21(22,23)24/h4-13,17,23,26-29H,14-16,18-22H2,1-3H3;7,13-17H,4-6,8-12H2,1-3H3/t23-,26+,27-,28-,29+,32+;13-,14+,15-,16-,17+,20+/m11/s1. The van der Waals surface area contributed by atoms with E-state index in [-0.39, 0.29) is 17.1 Å². The molecular formula is C53H72F3O4PS. The predicted octanol–water partition coefficient (Wildman–Crippen LogP) is 14.2. The molecule has 8 aliphatic rings. The van der Waals surface area contributed by atoms with Crippen molar-refractivity contribution in [2.24, 2.45) is 80.8 Å². The summed E-state index contributed by atoms with van der Waals surface area (Å²) in [6.07, 6.45) is 23.2. The van der Waals surface area contributed by atoms with E-state index < -0.39 is 28.2 Å². The Morgan fingerprint density at radius 3 is 1.48 bits per heavy atom. The second-order valence-corrected chi connectivity index (χ2v) is 27.8. The molecule has 0 aromatic heterocycles. The lowest BCUT2D eigenvalue weighted by atomic mass is 9.49. The molecule has 0 spiro atoms. The van der Waals surface area contributed by atoms with Crippen LogP contribution in [0.5, 0.6) is 0 Å². The van der Waals surface area contributed by atoms with E-state index in [9.17, 15) is 21.6 Å². The summed E-state index contributed by atoms with van der Waals surface area (Å²) in [6.45, 7) is 14.1. The maximum absolute atomic E-state index is 15.3. The number of fused-ring (bicyclic) bond motifs is 10. The van der Waals surface area contributed by atoms with Crippen molar-refractivity contribution in [1.82, 2.24) is 0 Å². The fraction of sp³-hybridized carbons (Fsp3) is 0.698. The zero-order valence-corrected chi connectivity index (χ0v) is 39.8. The highest BCUT2D eigenvalue weighted by atomic mass is 32.2. The Kier molecular flexibility index (Phi) is 11.5. The van der Waals surface area contributed by atoms with Gasteiger partial charge in [0, 0.05) is 16.0 Å². The summed E-state index contributed by atoms with van der Waals surface area (Å²) in [5.74, 6) is 7.07. The van der Waals surface area contributed by atoms with Gasteiger partial charge in [-0.1, -0.05) is 108 Å². The monoisotopic (exact) mass is 892 g/mol. The maximum atomic E-state index is 15.3. The molecule has 2 aromatic rings. The molecule has 6 fully saturated rings. The quantitative estimate of drug-likeness (QED) is 0.170. The molecule has 0 bridgehead atoms. The number of hydrogen-bond acceptors (Lipinski definition) is 4. The average Bonchev–Trinajstić information content (AvgIpc) is 3.76. The molecular weight excluding hydrogens is 821 g/mol. The largest absolute Gasteiger partial charge is 0.534 e. The van der Waals surface area contributed by atoms with E-state index >= 15 is 4.57 Å². The van der Waals surface area contributed by atoms with Crippen LogP contribution in [0.25, 0.3) is 0 Å². The van der Waals surface area contributed by atoms with Gasteiger partial charge in [0.15, 0.2) is 7.14 Å². The van der Waals surface area contributed by atoms with Gasteiger partial charge in [0.05, 0.1) is 0 Å². The first kappa shape index (κ1) is 44.9. The second kappa shape index (κ2) is 15.9. The molecule has 4 nitrogen and oxygen atoms in total. The normalized spacial score (nSPS) is 39.4. The Morgan fingerprint density at radius 2 is 1.00 bits per heavy atom. The van der Waals surface area contributed by atoms with Crippen LogP contribution in [0.3, 0.4) is 0 Å². The van der Waals surface area contributed by atoms with Crippen LogP contribution in [-0.4, -0.2) is 13.9 Å². The Hall–Kier alpha value is -2.31. The van der Waals surface area contributed by atoms with Gasteiger partial charge in [0.1, 0.15) is 5.76 Å². The van der Waals surface area contributed by atoms with Gasteiger partial charge < -0.3 is 8.75 Å². The highest BCUT2D eigenvalue weighted by Gasteiger charge is 2.60. The van der Waals surface area contributed by atoms with Gasteiger partial charge >= 0.3 is 15.6 Å². The minimum Gasteiger partial charge on any atom is -0.380 e. The van der Waals surface area contributed by atoms with Gasteiger partial charge in [-0.05, 0) is 190 Å². The zero-order valence-electron chi connectivity index (χ0n) is 38.1. The van der Waals surface area contributed by atoms with Gasteiger partial charge in [0.25, 0.3) is 0 Å². The SMILES string of the molecule is CC1(C)CC[C@H]2[C@H](CC[C@@H]3[C@@H]2CC[C@]2(C)C(OS(=O)(=O)C(F)(F)F)=CC[C@@H]32)C1.CC1(C)CC[C@H]2[C@H](CC[C@@H]3[C@@H]2CC[C@]2(C)C(P(=O)(c4ccccc4)c4ccccc4)=CC[C@@H]32)C1. The fourth-order valence-corrected chi connectivity index (χ4v) is 20.2. The minimum atomic E-state index is -5.60. The van der Waals surface area contributed by atoms with Crippen LogP contribution in [-0.2, 0) is 18.9 Å². The Balaban J connectivity index is 0.000000161. The first-order valence-corrected chi connectivity index (χ1v) is 27.4. The van der Waals surface area contributed by atoms with Crippen LogP contribution in [0.15, 0.2) is 83.9 Å². The molecule has 9 heteroatoms. The molecule has 0 unspecified atom stereocenters. The maximum Gasteiger partial charge on any atom is 0.534 e. The molecule has 10 rings (SSSR count). The van der Waals surface area contributed by atoms with Gasteiger partial charge in [0.2, 0.25) is 0 Å². The molecule has 8 aliphatic carbocycles. The Labute approximate surface area is 371 Å². The smallest absolute Gasteiger partial charge is 0.380 e. The lowest BCUT2D eigenvalue weighted by Gasteiger charge is -2.57. The lowest BCUT2D eigenvalue weighted by Crippen LogP contribution is -2.49. The first-order valence-electron chi connectivity index (χ1n) is 24.3. The van der Waals surface area contributed by atoms with Crippen LogP contribution in [0, 0.1) is 80.8 Å². The predicted molar refractivity (Wildman–Crippen MR) is 245 cm³/mol. The molecule has 0 amide bonds. The molecule has 0 radical (unpaired) electrons. The van der Waals surface area contributed by atoms with Crippen molar-refractivity contribution in [2.75, 3.05) is 0 Å². The molecule has 340 valence electrons. The number of alkyl halides is 3. The zero-order chi connectivity index (χ0) is 44.1. The van der Waals surface area contributed by atoms with Crippen LogP contribution in [0.4, 0.5) is 13.2 Å². The van der Waals surface area contributed by atoms with Crippen molar-refractivity contribution in [3.05, 3.63) is 83.9 Å². The lowest BCUT2D eigenvalue weighted by molar-refractivity contribution is -0.0711. The van der Waals surface area contributed by atoms with E-state index in [4.69, 9.17) is 0 Å². The third-order valence-electron chi connectivity index (χ3n) is 19.1. The van der Waals surface area contributed by atoms with E-state index in [2.05, 4.69) is 93.4 Å². The second-order valence-electron chi connectivity index (χ2n) is 23.5. The fourth-order valence-electron chi connectivity index (χ4n) is 16.2. The number of hydrogen-bond donors (Lipinski definition) is 0. The van der Waals surface area contributed by atoms with Crippen molar-refractivity contribution in [1.29, 1.82) is 0 Å². The highest BCUT2D eigenvalue weighted by molar-refractivity contribution is 7.87. The average molecular weight is 893 g/mol. The van der Waals surface area contributed by atoms with Crippen LogP contribution < -0.4 is 10.6 Å². The summed E-state index contributed by atoms with van der Waals surface area (Å²) >= 11 is 0. The van der Waals surface area contributed by atoms with Crippen molar-refractivity contribution in [2.45, 2.75) is 150 Å². The third kappa shape index (κ3) is 7.65. The third-order valence-corrected chi connectivity index (χ3v) is 23.5. The molecule has 0 N–H and O–H groups in total. The number of rotatable bonds is 5. The van der Waals surface area contributed by atoms with E-state index in [1.165, 1.54) is 75.9 Å². The van der Waals surface area contributed by atoms with Crippen LogP contribution in [0.2, 0.25) is 0 Å². The van der Waals surface area contributed by atoms with Crippen LogP contribution >= 0.6 is 7.14 Å².